The van der Waals surface area contributed by atoms with Gasteiger partial charge in [-0.2, -0.15) is 0 Å². The Morgan fingerprint density at radius 1 is 1.08 bits per heavy atom. The standard InChI is InChI=1S/C31H39NO7/c1-5-15-37-23-11-8-21(9-12-23)29(33)27-28(32(31(35)30(27)34)19-24-7-6-16-38-24)22-10-13-25(26(18-22)36-4)39-17-14-20(2)3/h8-13,18,20,24,28,33H,5-7,14-17,19H2,1-4H3/t24-,28-/m0/s1. The average Bonchev–Trinajstić information content (AvgIpc) is 3.54. The third kappa shape index (κ3) is 6.56. The molecule has 0 radical (unpaired) electrons. The number of hydrogen-bond donors (Lipinski definition) is 1. The molecule has 2 atom stereocenters. The van der Waals surface area contributed by atoms with Crippen molar-refractivity contribution >= 4 is 17.4 Å². The molecule has 39 heavy (non-hydrogen) atoms. The molecule has 0 unspecified atom stereocenters. The first kappa shape index (κ1) is 28.5. The molecule has 0 spiro atoms. The molecular formula is C31H39NO7. The smallest absolute Gasteiger partial charge is 0.295 e. The molecule has 8 heteroatoms. The number of hydrogen-bond acceptors (Lipinski definition) is 7. The predicted octanol–water partition coefficient (Wildman–Crippen LogP) is 5.51. The van der Waals surface area contributed by atoms with Gasteiger partial charge in [-0.1, -0.05) is 26.8 Å². The molecule has 4 rings (SSSR count). The lowest BCUT2D eigenvalue weighted by atomic mass is 9.94. The van der Waals surface area contributed by atoms with E-state index in [-0.39, 0.29) is 24.0 Å². The normalized spacial score (nSPS) is 20.6. The maximum Gasteiger partial charge on any atom is 0.295 e. The maximum absolute atomic E-state index is 13.4. The van der Waals surface area contributed by atoms with E-state index in [0.29, 0.717) is 54.1 Å². The number of aliphatic hydroxyl groups excluding tert-OH is 1. The van der Waals surface area contributed by atoms with Crippen molar-refractivity contribution in [3.63, 3.8) is 0 Å². The van der Waals surface area contributed by atoms with Crippen molar-refractivity contribution in [1.82, 2.24) is 4.90 Å². The van der Waals surface area contributed by atoms with Crippen molar-refractivity contribution < 1.29 is 33.6 Å². The summed E-state index contributed by atoms with van der Waals surface area (Å²) in [6, 6.07) is 11.5. The van der Waals surface area contributed by atoms with E-state index in [1.165, 1.54) is 4.90 Å². The molecule has 2 aliphatic rings. The first-order valence-electron chi connectivity index (χ1n) is 13.8. The molecule has 0 aromatic heterocycles. The van der Waals surface area contributed by atoms with Crippen molar-refractivity contribution in [1.29, 1.82) is 0 Å². The van der Waals surface area contributed by atoms with Gasteiger partial charge in [-0.25, -0.2) is 0 Å². The zero-order valence-electron chi connectivity index (χ0n) is 23.3. The van der Waals surface area contributed by atoms with Gasteiger partial charge < -0.3 is 29.0 Å². The molecule has 2 heterocycles. The molecule has 2 aliphatic heterocycles. The number of carbonyl (C=O) groups excluding carboxylic acids is 2. The first-order valence-corrected chi connectivity index (χ1v) is 13.8. The Balaban J connectivity index is 1.73. The molecule has 0 aliphatic carbocycles. The summed E-state index contributed by atoms with van der Waals surface area (Å²) in [5.74, 6) is 0.638. The monoisotopic (exact) mass is 537 g/mol. The highest BCUT2D eigenvalue weighted by Crippen LogP contribution is 2.42. The van der Waals surface area contributed by atoms with Gasteiger partial charge in [-0.15, -0.1) is 0 Å². The van der Waals surface area contributed by atoms with Crippen molar-refractivity contribution in [2.75, 3.05) is 33.5 Å². The molecule has 2 fully saturated rings. The fourth-order valence-corrected chi connectivity index (χ4v) is 4.89. The Hall–Kier alpha value is -3.52. The minimum absolute atomic E-state index is 0.0377. The van der Waals surface area contributed by atoms with Crippen LogP contribution >= 0.6 is 0 Å². The highest BCUT2D eigenvalue weighted by Gasteiger charge is 2.47. The van der Waals surface area contributed by atoms with E-state index in [9.17, 15) is 14.7 Å². The van der Waals surface area contributed by atoms with Crippen molar-refractivity contribution in [2.45, 2.75) is 58.6 Å². The number of benzene rings is 2. The minimum Gasteiger partial charge on any atom is -0.507 e. The van der Waals surface area contributed by atoms with Crippen LogP contribution in [0, 0.1) is 5.92 Å². The number of nitrogens with zero attached hydrogens (tertiary/aromatic N) is 1. The SMILES string of the molecule is CCCOc1ccc(C(O)=C2C(=O)C(=O)N(C[C@@H]3CCCO3)[C@H]2c2ccc(OCCC(C)C)c(OC)c2)cc1. The Bertz CT molecular complexity index is 1180. The molecule has 2 aromatic rings. The second-order valence-corrected chi connectivity index (χ2v) is 10.4. The van der Waals surface area contributed by atoms with Crippen molar-refractivity contribution in [3.8, 4) is 17.2 Å². The van der Waals surface area contributed by atoms with Gasteiger partial charge in [-0.05, 0) is 73.6 Å². The number of rotatable bonds is 12. The van der Waals surface area contributed by atoms with Crippen LogP contribution in [-0.2, 0) is 14.3 Å². The second kappa shape index (κ2) is 13.0. The highest BCUT2D eigenvalue weighted by molar-refractivity contribution is 6.46. The Morgan fingerprint density at radius 2 is 1.85 bits per heavy atom. The summed E-state index contributed by atoms with van der Waals surface area (Å²) in [5, 5.41) is 11.4. The third-order valence-electron chi connectivity index (χ3n) is 7.02. The largest absolute Gasteiger partial charge is 0.507 e. The van der Waals surface area contributed by atoms with E-state index < -0.39 is 17.7 Å². The van der Waals surface area contributed by atoms with Crippen LogP contribution in [0.2, 0.25) is 0 Å². The molecule has 210 valence electrons. The average molecular weight is 538 g/mol. The molecule has 2 saturated heterocycles. The fraction of sp³-hybridized carbons (Fsp3) is 0.484. The van der Waals surface area contributed by atoms with E-state index >= 15 is 0 Å². The van der Waals surface area contributed by atoms with E-state index in [4.69, 9.17) is 18.9 Å². The van der Waals surface area contributed by atoms with Gasteiger partial charge in [0.1, 0.15) is 11.5 Å². The number of ether oxygens (including phenoxy) is 4. The second-order valence-electron chi connectivity index (χ2n) is 10.4. The van der Waals surface area contributed by atoms with Gasteiger partial charge >= 0.3 is 0 Å². The lowest BCUT2D eigenvalue weighted by molar-refractivity contribution is -0.140. The van der Waals surface area contributed by atoms with Crippen LogP contribution in [0.4, 0.5) is 0 Å². The Morgan fingerprint density at radius 3 is 2.49 bits per heavy atom. The zero-order chi connectivity index (χ0) is 27.9. The topological polar surface area (TPSA) is 94.5 Å². The van der Waals surface area contributed by atoms with E-state index in [1.807, 2.05) is 13.0 Å². The molecular weight excluding hydrogens is 498 g/mol. The molecule has 8 nitrogen and oxygen atoms in total. The lowest BCUT2D eigenvalue weighted by Crippen LogP contribution is -2.36. The van der Waals surface area contributed by atoms with Gasteiger partial charge in [0.05, 0.1) is 38.0 Å². The Kier molecular flexibility index (Phi) is 9.51. The van der Waals surface area contributed by atoms with Gasteiger partial charge in [0.2, 0.25) is 0 Å². The predicted molar refractivity (Wildman–Crippen MR) is 148 cm³/mol. The summed E-state index contributed by atoms with van der Waals surface area (Å²) in [4.78, 5) is 28.2. The Labute approximate surface area is 230 Å². The molecule has 2 aromatic carbocycles. The van der Waals surface area contributed by atoms with Crippen LogP contribution in [0.25, 0.3) is 5.76 Å². The molecule has 1 amide bonds. The highest BCUT2D eigenvalue weighted by atomic mass is 16.5. The van der Waals surface area contributed by atoms with Crippen LogP contribution in [-0.4, -0.2) is 61.3 Å². The van der Waals surface area contributed by atoms with Crippen LogP contribution in [0.5, 0.6) is 17.2 Å². The summed E-state index contributed by atoms with van der Waals surface area (Å²) in [6.45, 7) is 8.29. The van der Waals surface area contributed by atoms with Crippen LogP contribution in [0.15, 0.2) is 48.0 Å². The summed E-state index contributed by atoms with van der Waals surface area (Å²) in [5.41, 5.74) is 1.11. The van der Waals surface area contributed by atoms with Gasteiger partial charge in [0.15, 0.2) is 11.5 Å². The van der Waals surface area contributed by atoms with E-state index in [2.05, 4.69) is 13.8 Å². The number of methoxy groups -OCH3 is 1. The van der Waals surface area contributed by atoms with Crippen molar-refractivity contribution in [2.24, 2.45) is 5.92 Å². The first-order chi connectivity index (χ1) is 18.8. The number of aliphatic hydroxyl groups is 1. The van der Waals surface area contributed by atoms with Crippen molar-refractivity contribution in [3.05, 3.63) is 59.2 Å². The maximum atomic E-state index is 13.4. The van der Waals surface area contributed by atoms with Crippen LogP contribution in [0.1, 0.15) is 63.6 Å². The number of ketones is 1. The number of amides is 1. The summed E-state index contributed by atoms with van der Waals surface area (Å²) < 4.78 is 23.0. The fourth-order valence-electron chi connectivity index (χ4n) is 4.89. The summed E-state index contributed by atoms with van der Waals surface area (Å²) in [7, 11) is 1.56. The lowest BCUT2D eigenvalue weighted by Gasteiger charge is -2.28. The quantitative estimate of drug-likeness (QED) is 0.217. The number of likely N-dealkylation sites (tertiary alicyclic amines) is 1. The van der Waals surface area contributed by atoms with E-state index in [0.717, 1.165) is 25.7 Å². The molecule has 1 N–H and O–H groups in total. The summed E-state index contributed by atoms with van der Waals surface area (Å²) >= 11 is 0. The van der Waals surface area contributed by atoms with Gasteiger partial charge in [0, 0.05) is 18.7 Å². The minimum atomic E-state index is -0.802. The van der Waals surface area contributed by atoms with Crippen LogP contribution < -0.4 is 14.2 Å². The number of carbonyl (C=O) groups is 2. The molecule has 0 saturated carbocycles. The third-order valence-corrected chi connectivity index (χ3v) is 7.02. The number of Topliss-reactive ketones (excluding diaryl/α,β-unsaturated/α-hetero) is 1. The molecule has 0 bridgehead atoms. The van der Waals surface area contributed by atoms with E-state index in [1.54, 1.807) is 43.5 Å². The zero-order valence-corrected chi connectivity index (χ0v) is 23.3. The van der Waals surface area contributed by atoms with Crippen LogP contribution in [0.3, 0.4) is 0 Å². The van der Waals surface area contributed by atoms with Gasteiger partial charge in [-0.3, -0.25) is 9.59 Å². The summed E-state index contributed by atoms with van der Waals surface area (Å²) in [6.07, 6.45) is 3.32. The van der Waals surface area contributed by atoms with Gasteiger partial charge in [0.25, 0.3) is 11.7 Å².